The SMILES string of the molecule is Cc1cccnc1CN1CCC2(CC1)C(=O)N(c1ccc(-c3ccccc3)cc1)C(=O)N2c1c[nH]c(=O)cn1. The van der Waals surface area contributed by atoms with E-state index >= 15 is 0 Å². The molecule has 4 heterocycles. The number of carbonyl (C=O) groups is 2. The van der Waals surface area contributed by atoms with Crippen molar-refractivity contribution >= 4 is 23.4 Å². The van der Waals surface area contributed by atoms with Crippen LogP contribution in [0.15, 0.2) is 90.1 Å². The number of imide groups is 1. The Morgan fingerprint density at radius 2 is 1.59 bits per heavy atom. The minimum Gasteiger partial charge on any atom is -0.324 e. The van der Waals surface area contributed by atoms with E-state index in [4.69, 9.17) is 0 Å². The fourth-order valence-corrected chi connectivity index (χ4v) is 5.52. The van der Waals surface area contributed by atoms with E-state index in [-0.39, 0.29) is 17.3 Å². The van der Waals surface area contributed by atoms with Gasteiger partial charge in [0.2, 0.25) is 0 Å². The molecule has 0 radical (unpaired) electrons. The van der Waals surface area contributed by atoms with Crippen molar-refractivity contribution in [2.75, 3.05) is 22.9 Å². The molecule has 0 saturated carbocycles. The molecule has 2 saturated heterocycles. The molecule has 9 nitrogen and oxygen atoms in total. The van der Waals surface area contributed by atoms with Gasteiger partial charge in [-0.1, -0.05) is 48.5 Å². The zero-order valence-electron chi connectivity index (χ0n) is 21.6. The number of likely N-dealkylation sites (tertiary alicyclic amines) is 1. The molecular formula is C30H28N6O3. The first-order valence-corrected chi connectivity index (χ1v) is 13.0. The van der Waals surface area contributed by atoms with Gasteiger partial charge in [-0.05, 0) is 54.7 Å². The Balaban J connectivity index is 1.32. The quantitative estimate of drug-likeness (QED) is 0.397. The summed E-state index contributed by atoms with van der Waals surface area (Å²) in [6, 6.07) is 20.8. The fourth-order valence-electron chi connectivity index (χ4n) is 5.52. The number of aromatic nitrogens is 3. The van der Waals surface area contributed by atoms with Crippen LogP contribution in [0.1, 0.15) is 24.1 Å². The van der Waals surface area contributed by atoms with E-state index < -0.39 is 11.6 Å². The lowest BCUT2D eigenvalue weighted by Crippen LogP contribution is -2.57. The number of pyridine rings is 1. The van der Waals surface area contributed by atoms with Crippen molar-refractivity contribution in [3.05, 3.63) is 107 Å². The highest BCUT2D eigenvalue weighted by Crippen LogP contribution is 2.42. The molecule has 9 heteroatoms. The highest BCUT2D eigenvalue weighted by atomic mass is 16.2. The zero-order chi connectivity index (χ0) is 27.0. The van der Waals surface area contributed by atoms with Gasteiger partial charge in [0.05, 0.1) is 17.6 Å². The molecule has 0 unspecified atom stereocenters. The van der Waals surface area contributed by atoms with Gasteiger partial charge in [-0.2, -0.15) is 0 Å². The first kappa shape index (κ1) is 24.7. The highest BCUT2D eigenvalue weighted by molar-refractivity contribution is 6.30. The Bertz CT molecular complexity index is 1560. The predicted molar refractivity (Wildman–Crippen MR) is 148 cm³/mol. The first-order valence-electron chi connectivity index (χ1n) is 13.0. The van der Waals surface area contributed by atoms with Crippen LogP contribution >= 0.6 is 0 Å². The molecule has 39 heavy (non-hydrogen) atoms. The number of benzene rings is 2. The maximum Gasteiger partial charge on any atom is 0.338 e. The number of aryl methyl sites for hydroxylation is 1. The van der Waals surface area contributed by atoms with E-state index in [1.807, 2.05) is 61.5 Å². The minimum absolute atomic E-state index is 0.255. The predicted octanol–water partition coefficient (Wildman–Crippen LogP) is 4.15. The number of urea groups is 1. The Labute approximate surface area is 225 Å². The summed E-state index contributed by atoms with van der Waals surface area (Å²) in [5.74, 6) is -0.0213. The van der Waals surface area contributed by atoms with Gasteiger partial charge in [0, 0.05) is 32.0 Å². The number of H-pyrrole nitrogens is 1. The van der Waals surface area contributed by atoms with Crippen LogP contribution in [-0.2, 0) is 11.3 Å². The molecule has 1 spiro atoms. The van der Waals surface area contributed by atoms with E-state index in [2.05, 4.69) is 19.9 Å². The van der Waals surface area contributed by atoms with Crippen LogP contribution in [0.25, 0.3) is 11.1 Å². The van der Waals surface area contributed by atoms with E-state index in [9.17, 15) is 14.4 Å². The number of anilines is 2. The van der Waals surface area contributed by atoms with E-state index in [0.717, 1.165) is 28.6 Å². The smallest absolute Gasteiger partial charge is 0.324 e. The van der Waals surface area contributed by atoms with Crippen molar-refractivity contribution in [3.63, 3.8) is 0 Å². The lowest BCUT2D eigenvalue weighted by atomic mass is 9.85. The molecule has 0 aliphatic carbocycles. The monoisotopic (exact) mass is 520 g/mol. The van der Waals surface area contributed by atoms with Crippen LogP contribution in [0, 0.1) is 6.92 Å². The number of aromatic amines is 1. The van der Waals surface area contributed by atoms with E-state index in [1.54, 1.807) is 18.3 Å². The third-order valence-corrected chi connectivity index (χ3v) is 7.71. The summed E-state index contributed by atoms with van der Waals surface area (Å²) in [6.45, 7) is 3.93. The second-order valence-electron chi connectivity index (χ2n) is 10.0. The normalized spacial score (nSPS) is 17.3. The summed E-state index contributed by atoms with van der Waals surface area (Å²) in [6.07, 6.45) is 5.20. The standard InChI is InChI=1S/C30H28N6O3/c1-21-6-5-15-31-25(21)20-34-16-13-30(14-17-34)28(38)35(29(39)36(30)26-18-33-27(37)19-32-26)24-11-9-23(10-12-24)22-7-3-2-4-8-22/h2-12,15,18-19H,13-14,16-17,20H2,1H3,(H,33,37). The number of amides is 3. The van der Waals surface area contributed by atoms with Crippen molar-refractivity contribution in [3.8, 4) is 11.1 Å². The Hall–Kier alpha value is -4.63. The summed E-state index contributed by atoms with van der Waals surface area (Å²) >= 11 is 0. The van der Waals surface area contributed by atoms with Gasteiger partial charge in [0.25, 0.3) is 11.5 Å². The molecule has 2 aromatic carbocycles. The third kappa shape index (κ3) is 4.40. The number of nitrogens with zero attached hydrogens (tertiary/aromatic N) is 5. The van der Waals surface area contributed by atoms with Crippen molar-refractivity contribution < 1.29 is 9.59 Å². The molecule has 0 bridgehead atoms. The van der Waals surface area contributed by atoms with Crippen LogP contribution in [0.2, 0.25) is 0 Å². The molecule has 0 atom stereocenters. The number of rotatable bonds is 5. The summed E-state index contributed by atoms with van der Waals surface area (Å²) < 4.78 is 0. The molecule has 4 aromatic rings. The maximum absolute atomic E-state index is 14.2. The lowest BCUT2D eigenvalue weighted by molar-refractivity contribution is -0.123. The number of piperidine rings is 1. The molecule has 196 valence electrons. The number of nitrogens with one attached hydrogen (secondary N) is 1. The number of hydrogen-bond donors (Lipinski definition) is 1. The van der Waals surface area contributed by atoms with Crippen LogP contribution in [0.3, 0.4) is 0 Å². The summed E-state index contributed by atoms with van der Waals surface area (Å²) in [7, 11) is 0. The first-order chi connectivity index (χ1) is 19.0. The van der Waals surface area contributed by atoms with Gasteiger partial charge in [-0.3, -0.25) is 24.4 Å². The number of hydrogen-bond acceptors (Lipinski definition) is 6. The van der Waals surface area contributed by atoms with Crippen LogP contribution in [-0.4, -0.2) is 50.4 Å². The molecular weight excluding hydrogens is 492 g/mol. The molecule has 3 amide bonds. The molecule has 2 aliphatic heterocycles. The Kier molecular flexibility index (Phi) is 6.28. The molecule has 1 N–H and O–H groups in total. The highest BCUT2D eigenvalue weighted by Gasteiger charge is 2.59. The van der Waals surface area contributed by atoms with Gasteiger partial charge in [0.1, 0.15) is 5.54 Å². The Morgan fingerprint density at radius 3 is 2.26 bits per heavy atom. The van der Waals surface area contributed by atoms with Gasteiger partial charge >= 0.3 is 6.03 Å². The van der Waals surface area contributed by atoms with Gasteiger partial charge in [-0.15, -0.1) is 0 Å². The second kappa shape index (κ2) is 9.92. The lowest BCUT2D eigenvalue weighted by Gasteiger charge is -2.41. The Morgan fingerprint density at radius 1 is 0.872 bits per heavy atom. The van der Waals surface area contributed by atoms with Crippen LogP contribution < -0.4 is 15.4 Å². The third-order valence-electron chi connectivity index (χ3n) is 7.71. The fraction of sp³-hybridized carbons (Fsp3) is 0.233. The van der Waals surface area contributed by atoms with Crippen LogP contribution in [0.5, 0.6) is 0 Å². The maximum atomic E-state index is 14.2. The van der Waals surface area contributed by atoms with Crippen molar-refractivity contribution in [2.45, 2.75) is 31.8 Å². The van der Waals surface area contributed by atoms with Crippen LogP contribution in [0.4, 0.5) is 16.3 Å². The average molecular weight is 521 g/mol. The van der Waals surface area contributed by atoms with Crippen molar-refractivity contribution in [2.24, 2.45) is 0 Å². The van der Waals surface area contributed by atoms with Gasteiger partial charge in [-0.25, -0.2) is 14.7 Å². The zero-order valence-corrected chi connectivity index (χ0v) is 21.6. The second-order valence-corrected chi connectivity index (χ2v) is 10.0. The average Bonchev–Trinajstić information content (AvgIpc) is 3.17. The van der Waals surface area contributed by atoms with Gasteiger partial charge in [0.15, 0.2) is 5.82 Å². The number of carbonyl (C=O) groups excluding carboxylic acids is 2. The molecule has 6 rings (SSSR count). The minimum atomic E-state index is -1.10. The summed E-state index contributed by atoms with van der Waals surface area (Å²) in [5.41, 5.74) is 3.19. The molecule has 2 fully saturated rings. The van der Waals surface area contributed by atoms with Gasteiger partial charge < -0.3 is 4.98 Å². The molecule has 2 aromatic heterocycles. The summed E-state index contributed by atoms with van der Waals surface area (Å²) in [5, 5.41) is 0. The van der Waals surface area contributed by atoms with Crippen molar-refractivity contribution in [1.29, 1.82) is 0 Å². The van der Waals surface area contributed by atoms with E-state index in [1.165, 1.54) is 16.0 Å². The molecule has 2 aliphatic rings. The topological polar surface area (TPSA) is 103 Å². The van der Waals surface area contributed by atoms with Crippen molar-refractivity contribution in [1.82, 2.24) is 19.9 Å². The summed E-state index contributed by atoms with van der Waals surface area (Å²) in [4.78, 5) is 56.1. The largest absolute Gasteiger partial charge is 0.338 e. The van der Waals surface area contributed by atoms with E-state index in [0.29, 0.717) is 38.2 Å².